The predicted octanol–water partition coefficient (Wildman–Crippen LogP) is 2.54. The number of hydrogen-bond donors (Lipinski definition) is 1. The first-order valence-corrected chi connectivity index (χ1v) is 5.00. The molecule has 0 saturated carbocycles. The summed E-state index contributed by atoms with van der Waals surface area (Å²) in [5.74, 6) is 0.435. The molecular formula is C12H16N2O. The van der Waals surface area contributed by atoms with E-state index in [1.54, 1.807) is 12.3 Å². The maximum Gasteiger partial charge on any atom is 0.232 e. The minimum Gasteiger partial charge on any atom is -0.310 e. The third kappa shape index (κ3) is 3.54. The molecule has 1 heterocycles. The molecule has 3 nitrogen and oxygen atoms in total. The number of aromatic nitrogens is 1. The second kappa shape index (κ2) is 5.29. The number of carbonyl (C=O) groups excluding carboxylic acids is 1. The van der Waals surface area contributed by atoms with Crippen LogP contribution >= 0.6 is 0 Å². The zero-order valence-corrected chi connectivity index (χ0v) is 9.32. The number of hydrogen-bond acceptors (Lipinski definition) is 2. The van der Waals surface area contributed by atoms with Crippen molar-refractivity contribution in [3.63, 3.8) is 0 Å². The second-order valence-electron chi connectivity index (χ2n) is 3.52. The third-order valence-electron chi connectivity index (χ3n) is 2.06. The van der Waals surface area contributed by atoms with Gasteiger partial charge in [-0.1, -0.05) is 25.1 Å². The molecule has 1 N–H and O–H groups in total. The van der Waals surface area contributed by atoms with Gasteiger partial charge >= 0.3 is 0 Å². The molecule has 0 aliphatic rings. The first kappa shape index (κ1) is 11.4. The largest absolute Gasteiger partial charge is 0.310 e. The molecule has 0 bridgehead atoms. The summed E-state index contributed by atoms with van der Waals surface area (Å²) >= 11 is 0. The Balaban J connectivity index is 2.62. The summed E-state index contributed by atoms with van der Waals surface area (Å²) in [6.07, 6.45) is 5.45. The second-order valence-corrected chi connectivity index (χ2v) is 3.52. The highest BCUT2D eigenvalue weighted by Gasteiger charge is 2.09. The molecule has 3 heteroatoms. The molecule has 0 aromatic carbocycles. The molecule has 0 saturated heterocycles. The van der Waals surface area contributed by atoms with Crippen molar-refractivity contribution >= 4 is 11.7 Å². The van der Waals surface area contributed by atoms with Crippen LogP contribution in [-0.2, 0) is 4.79 Å². The van der Waals surface area contributed by atoms with E-state index >= 15 is 0 Å². The Morgan fingerprint density at radius 2 is 2.27 bits per heavy atom. The molecule has 0 fully saturated rings. The van der Waals surface area contributed by atoms with E-state index in [9.17, 15) is 4.79 Å². The van der Waals surface area contributed by atoms with Crippen molar-refractivity contribution in [3.8, 4) is 0 Å². The maximum absolute atomic E-state index is 11.6. The first-order valence-electron chi connectivity index (χ1n) is 5.00. The van der Waals surface area contributed by atoms with Gasteiger partial charge in [-0.25, -0.2) is 4.98 Å². The highest BCUT2D eigenvalue weighted by atomic mass is 16.1. The normalized spacial score (nSPS) is 12.7. The van der Waals surface area contributed by atoms with Gasteiger partial charge in [-0.15, -0.1) is 0 Å². The monoisotopic (exact) mass is 204 g/mol. The highest BCUT2D eigenvalue weighted by Crippen LogP contribution is 2.07. The van der Waals surface area contributed by atoms with E-state index in [-0.39, 0.29) is 11.8 Å². The number of carbonyl (C=O) groups is 1. The van der Waals surface area contributed by atoms with Crippen LogP contribution in [0.15, 0.2) is 30.5 Å². The zero-order chi connectivity index (χ0) is 11.3. The predicted molar refractivity (Wildman–Crippen MR) is 61.6 cm³/mol. The SMILES string of the molecule is C/C=C\C(C)C(=O)Nc1ccc(C)cn1. The molecule has 1 amide bonds. The maximum atomic E-state index is 11.6. The number of rotatable bonds is 3. The van der Waals surface area contributed by atoms with Gasteiger partial charge in [0.25, 0.3) is 0 Å². The van der Waals surface area contributed by atoms with E-state index in [1.165, 1.54) is 0 Å². The van der Waals surface area contributed by atoms with Crippen LogP contribution in [0.5, 0.6) is 0 Å². The molecule has 0 aliphatic heterocycles. The lowest BCUT2D eigenvalue weighted by molar-refractivity contribution is -0.118. The number of pyridine rings is 1. The minimum absolute atomic E-state index is 0.0375. The van der Waals surface area contributed by atoms with Crippen molar-refractivity contribution in [2.24, 2.45) is 5.92 Å². The fourth-order valence-corrected chi connectivity index (χ4v) is 1.16. The molecule has 1 atom stereocenters. The first-order chi connectivity index (χ1) is 7.13. The van der Waals surface area contributed by atoms with Gasteiger partial charge in [-0.2, -0.15) is 0 Å². The van der Waals surface area contributed by atoms with Crippen molar-refractivity contribution in [1.82, 2.24) is 4.98 Å². The summed E-state index contributed by atoms with van der Waals surface area (Å²) in [5.41, 5.74) is 1.08. The molecule has 1 rings (SSSR count). The molecule has 0 spiro atoms. The number of nitrogens with zero attached hydrogens (tertiary/aromatic N) is 1. The van der Waals surface area contributed by atoms with Crippen molar-refractivity contribution in [2.75, 3.05) is 5.32 Å². The van der Waals surface area contributed by atoms with Crippen molar-refractivity contribution in [1.29, 1.82) is 0 Å². The number of allylic oxidation sites excluding steroid dienone is 1. The number of amides is 1. The Kier molecular flexibility index (Phi) is 4.03. The molecule has 80 valence electrons. The van der Waals surface area contributed by atoms with E-state index in [2.05, 4.69) is 10.3 Å². The van der Waals surface area contributed by atoms with Crippen LogP contribution in [0, 0.1) is 12.8 Å². The average Bonchev–Trinajstić information content (AvgIpc) is 2.22. The van der Waals surface area contributed by atoms with Gasteiger partial charge in [0.15, 0.2) is 0 Å². The molecule has 0 radical (unpaired) electrons. The van der Waals surface area contributed by atoms with Crippen LogP contribution in [0.2, 0.25) is 0 Å². The Bertz CT molecular complexity index is 354. The third-order valence-corrected chi connectivity index (χ3v) is 2.06. The van der Waals surface area contributed by atoms with Gasteiger partial charge in [-0.05, 0) is 25.5 Å². The lowest BCUT2D eigenvalue weighted by Crippen LogP contribution is -2.19. The standard InChI is InChI=1S/C12H16N2O/c1-4-5-10(3)12(15)14-11-7-6-9(2)8-13-11/h4-8,10H,1-3H3,(H,13,14,15)/b5-4-. The van der Waals surface area contributed by atoms with Crippen molar-refractivity contribution in [2.45, 2.75) is 20.8 Å². The van der Waals surface area contributed by atoms with E-state index < -0.39 is 0 Å². The van der Waals surface area contributed by atoms with Crippen molar-refractivity contribution < 1.29 is 4.79 Å². The average molecular weight is 204 g/mol. The van der Waals surface area contributed by atoms with Crippen LogP contribution in [0.25, 0.3) is 0 Å². The summed E-state index contributed by atoms with van der Waals surface area (Å²) in [6, 6.07) is 3.72. The summed E-state index contributed by atoms with van der Waals surface area (Å²) in [6.45, 7) is 5.71. The number of anilines is 1. The Morgan fingerprint density at radius 1 is 1.53 bits per heavy atom. The van der Waals surface area contributed by atoms with Gasteiger partial charge < -0.3 is 5.32 Å². The van der Waals surface area contributed by atoms with Crippen LogP contribution in [0.3, 0.4) is 0 Å². The molecular weight excluding hydrogens is 188 g/mol. The van der Waals surface area contributed by atoms with Crippen LogP contribution in [0.1, 0.15) is 19.4 Å². The minimum atomic E-state index is -0.127. The van der Waals surface area contributed by atoms with Gasteiger partial charge in [0.05, 0.1) is 5.92 Å². The van der Waals surface area contributed by atoms with Crippen LogP contribution in [-0.4, -0.2) is 10.9 Å². The molecule has 15 heavy (non-hydrogen) atoms. The van der Waals surface area contributed by atoms with E-state index in [0.717, 1.165) is 5.56 Å². The lowest BCUT2D eigenvalue weighted by atomic mass is 10.1. The summed E-state index contributed by atoms with van der Waals surface area (Å²) < 4.78 is 0. The zero-order valence-electron chi connectivity index (χ0n) is 9.32. The highest BCUT2D eigenvalue weighted by molar-refractivity contribution is 5.92. The lowest BCUT2D eigenvalue weighted by Gasteiger charge is -2.07. The van der Waals surface area contributed by atoms with Crippen LogP contribution < -0.4 is 5.32 Å². The summed E-state index contributed by atoms with van der Waals surface area (Å²) in [7, 11) is 0. The van der Waals surface area contributed by atoms with Gasteiger partial charge in [-0.3, -0.25) is 4.79 Å². The Hall–Kier alpha value is -1.64. The Labute approximate surface area is 90.2 Å². The van der Waals surface area contributed by atoms with E-state index in [1.807, 2.05) is 39.0 Å². The topological polar surface area (TPSA) is 42.0 Å². The van der Waals surface area contributed by atoms with Gasteiger partial charge in [0, 0.05) is 6.20 Å². The summed E-state index contributed by atoms with van der Waals surface area (Å²) in [4.78, 5) is 15.7. The summed E-state index contributed by atoms with van der Waals surface area (Å²) in [5, 5.41) is 2.75. The smallest absolute Gasteiger partial charge is 0.232 e. The molecule has 1 aromatic rings. The number of nitrogens with one attached hydrogen (secondary N) is 1. The molecule has 0 aliphatic carbocycles. The van der Waals surface area contributed by atoms with Crippen LogP contribution in [0.4, 0.5) is 5.82 Å². The van der Waals surface area contributed by atoms with Gasteiger partial charge in [0.1, 0.15) is 5.82 Å². The Morgan fingerprint density at radius 3 is 2.80 bits per heavy atom. The van der Waals surface area contributed by atoms with E-state index in [0.29, 0.717) is 5.82 Å². The van der Waals surface area contributed by atoms with E-state index in [4.69, 9.17) is 0 Å². The van der Waals surface area contributed by atoms with Crippen molar-refractivity contribution in [3.05, 3.63) is 36.0 Å². The fourth-order valence-electron chi connectivity index (χ4n) is 1.16. The number of aryl methyl sites for hydroxylation is 1. The fraction of sp³-hybridized carbons (Fsp3) is 0.333. The molecule has 1 aromatic heterocycles. The molecule has 1 unspecified atom stereocenters. The quantitative estimate of drug-likeness (QED) is 0.769. The van der Waals surface area contributed by atoms with Gasteiger partial charge in [0.2, 0.25) is 5.91 Å².